The maximum Gasteiger partial charge on any atom is 0.276 e. The van der Waals surface area contributed by atoms with E-state index in [1.807, 2.05) is 44.2 Å². The highest BCUT2D eigenvalue weighted by Gasteiger charge is 2.42. The van der Waals surface area contributed by atoms with E-state index in [-0.39, 0.29) is 30.4 Å². The summed E-state index contributed by atoms with van der Waals surface area (Å²) in [6.07, 6.45) is 3.27. The maximum absolute atomic E-state index is 13.7. The highest BCUT2D eigenvalue weighted by molar-refractivity contribution is 5.97. The van der Waals surface area contributed by atoms with E-state index < -0.39 is 5.41 Å². The van der Waals surface area contributed by atoms with Gasteiger partial charge < -0.3 is 25.0 Å². The molecule has 1 fully saturated rings. The van der Waals surface area contributed by atoms with Crippen molar-refractivity contribution in [3.63, 3.8) is 0 Å². The summed E-state index contributed by atoms with van der Waals surface area (Å²) in [6, 6.07) is 14.3. The molecule has 11 nitrogen and oxygen atoms in total. The Morgan fingerprint density at radius 3 is 2.64 bits per heavy atom. The molecule has 42 heavy (non-hydrogen) atoms. The number of rotatable bonds is 3. The number of methoxy groups -OCH3 is 1. The van der Waals surface area contributed by atoms with Gasteiger partial charge in [-0.25, -0.2) is 4.68 Å². The predicted molar refractivity (Wildman–Crippen MR) is 156 cm³/mol. The number of para-hydroxylation sites is 1. The second kappa shape index (κ2) is 12.6. The van der Waals surface area contributed by atoms with Crippen LogP contribution in [-0.2, 0) is 4.79 Å². The van der Waals surface area contributed by atoms with Crippen LogP contribution in [0.25, 0.3) is 5.69 Å². The van der Waals surface area contributed by atoms with Crippen LogP contribution in [-0.4, -0.2) is 77.0 Å². The lowest BCUT2D eigenvalue weighted by Gasteiger charge is -2.41. The molecule has 3 heterocycles. The molecule has 11 heteroatoms. The number of carbonyl (C=O) groups is 3. The van der Waals surface area contributed by atoms with Gasteiger partial charge in [-0.2, -0.15) is 0 Å². The van der Waals surface area contributed by atoms with Crippen molar-refractivity contribution in [3.05, 3.63) is 65.5 Å². The van der Waals surface area contributed by atoms with Gasteiger partial charge in [0.25, 0.3) is 11.8 Å². The maximum atomic E-state index is 13.7. The first-order chi connectivity index (χ1) is 20.3. The number of amides is 3. The highest BCUT2D eigenvalue weighted by Crippen LogP contribution is 2.38. The summed E-state index contributed by atoms with van der Waals surface area (Å²) in [5.74, 6) is 0.806. The number of piperidine rings is 1. The van der Waals surface area contributed by atoms with Crippen LogP contribution in [0, 0.1) is 12.3 Å². The van der Waals surface area contributed by atoms with Gasteiger partial charge in [0, 0.05) is 25.7 Å². The van der Waals surface area contributed by atoms with E-state index in [9.17, 15) is 14.4 Å². The van der Waals surface area contributed by atoms with Crippen LogP contribution in [0.2, 0.25) is 0 Å². The number of ether oxygens (including phenoxy) is 2. The Morgan fingerprint density at radius 2 is 1.86 bits per heavy atom. The minimum Gasteiger partial charge on any atom is -0.497 e. The van der Waals surface area contributed by atoms with Crippen molar-refractivity contribution < 1.29 is 23.9 Å². The van der Waals surface area contributed by atoms with Gasteiger partial charge in [0.2, 0.25) is 5.91 Å². The molecule has 0 bridgehead atoms. The minimum absolute atomic E-state index is 0.0137. The Balaban J connectivity index is 1.27. The molecule has 1 atom stereocenters. The number of aromatic nitrogens is 3. The number of fused-ring (bicyclic) bond motifs is 1. The van der Waals surface area contributed by atoms with Crippen molar-refractivity contribution in [2.24, 2.45) is 5.41 Å². The van der Waals surface area contributed by atoms with Gasteiger partial charge in [-0.3, -0.25) is 14.4 Å². The molecule has 3 amide bonds. The normalized spacial score (nSPS) is 19.6. The molecule has 222 valence electrons. The molecular weight excluding hydrogens is 536 g/mol. The fourth-order valence-electron chi connectivity index (χ4n) is 5.69. The van der Waals surface area contributed by atoms with E-state index in [0.29, 0.717) is 67.3 Å². The van der Waals surface area contributed by atoms with Crippen LogP contribution >= 0.6 is 0 Å². The second-order valence-electron chi connectivity index (χ2n) is 11.1. The van der Waals surface area contributed by atoms with Gasteiger partial charge >= 0.3 is 0 Å². The predicted octanol–water partition coefficient (Wildman–Crippen LogP) is 3.30. The van der Waals surface area contributed by atoms with Crippen LogP contribution in [0.15, 0.2) is 48.5 Å². The molecule has 1 spiro atoms. The van der Waals surface area contributed by atoms with Crippen molar-refractivity contribution in [1.29, 1.82) is 0 Å². The van der Waals surface area contributed by atoms with Crippen LogP contribution in [0.1, 0.15) is 65.6 Å². The molecule has 5 rings (SSSR count). The quantitative estimate of drug-likeness (QED) is 0.491. The minimum atomic E-state index is -0.607. The number of likely N-dealkylation sites (tertiary alicyclic amines) is 1. The van der Waals surface area contributed by atoms with E-state index in [2.05, 4.69) is 20.9 Å². The smallest absolute Gasteiger partial charge is 0.276 e. The van der Waals surface area contributed by atoms with Gasteiger partial charge in [-0.15, -0.1) is 5.10 Å². The average Bonchev–Trinajstić information content (AvgIpc) is 3.40. The number of nitrogens with zero attached hydrogens (tertiary/aromatic N) is 4. The molecule has 0 saturated carbocycles. The monoisotopic (exact) mass is 574 g/mol. The molecule has 2 aromatic carbocycles. The lowest BCUT2D eigenvalue weighted by atomic mass is 9.73. The number of benzene rings is 2. The molecule has 1 aromatic heterocycles. The Hall–Kier alpha value is -4.41. The van der Waals surface area contributed by atoms with E-state index >= 15 is 0 Å². The molecule has 3 aromatic rings. The van der Waals surface area contributed by atoms with Crippen LogP contribution in [0.3, 0.4) is 0 Å². The summed E-state index contributed by atoms with van der Waals surface area (Å²) in [4.78, 5) is 41.7. The third kappa shape index (κ3) is 6.09. The number of hydrogen-bond acceptors (Lipinski definition) is 7. The van der Waals surface area contributed by atoms with Gasteiger partial charge in [0.15, 0.2) is 5.69 Å². The molecular formula is C31H38N6O5. The summed E-state index contributed by atoms with van der Waals surface area (Å²) in [5.41, 5.74) is 1.57. The second-order valence-corrected chi connectivity index (χ2v) is 11.1. The van der Waals surface area contributed by atoms with Gasteiger partial charge in [-0.05, 0) is 63.8 Å². The van der Waals surface area contributed by atoms with Crippen molar-refractivity contribution in [1.82, 2.24) is 30.5 Å². The van der Waals surface area contributed by atoms with Gasteiger partial charge in [0.05, 0.1) is 35.5 Å². The molecule has 0 radical (unpaired) electrons. The third-order valence-corrected chi connectivity index (χ3v) is 8.25. The average molecular weight is 575 g/mol. The third-order valence-electron chi connectivity index (χ3n) is 8.25. The van der Waals surface area contributed by atoms with Crippen molar-refractivity contribution >= 4 is 17.7 Å². The van der Waals surface area contributed by atoms with Crippen LogP contribution in [0.4, 0.5) is 0 Å². The van der Waals surface area contributed by atoms with Crippen molar-refractivity contribution in [2.45, 2.75) is 52.0 Å². The molecule has 2 N–H and O–H groups in total. The Kier molecular flexibility index (Phi) is 8.75. The number of hydrogen-bond donors (Lipinski definition) is 2. The van der Waals surface area contributed by atoms with Crippen molar-refractivity contribution in [3.8, 4) is 17.2 Å². The fourth-order valence-corrected chi connectivity index (χ4v) is 5.69. The largest absolute Gasteiger partial charge is 0.497 e. The van der Waals surface area contributed by atoms with E-state index in [0.717, 1.165) is 18.5 Å². The van der Waals surface area contributed by atoms with E-state index in [1.165, 1.54) is 0 Å². The number of carbonyl (C=O) groups excluding carboxylic acids is 3. The summed E-state index contributed by atoms with van der Waals surface area (Å²) >= 11 is 0. The zero-order chi connectivity index (χ0) is 29.7. The Morgan fingerprint density at radius 1 is 1.07 bits per heavy atom. The zero-order valence-electron chi connectivity index (χ0n) is 24.4. The van der Waals surface area contributed by atoms with Crippen molar-refractivity contribution in [2.75, 3.05) is 33.4 Å². The zero-order valence-corrected chi connectivity index (χ0v) is 24.4. The molecule has 0 unspecified atom stereocenters. The molecule has 2 aliphatic rings. The molecule has 0 aliphatic carbocycles. The fraction of sp³-hybridized carbons (Fsp3) is 0.452. The lowest BCUT2D eigenvalue weighted by molar-refractivity contribution is -0.135. The van der Waals surface area contributed by atoms with E-state index in [1.54, 1.807) is 34.9 Å². The SMILES string of the molecule is COc1cccc(-n2nnc(C(=O)N3CCC4(CCCCNC(=O)c5ccccc5OC[C@@H](C)NC4=O)CC3)c2C)c1. The molecule has 2 aliphatic heterocycles. The summed E-state index contributed by atoms with van der Waals surface area (Å²) in [7, 11) is 1.60. The summed E-state index contributed by atoms with van der Waals surface area (Å²) in [5, 5.41) is 14.6. The summed E-state index contributed by atoms with van der Waals surface area (Å²) < 4.78 is 12.9. The Labute approximate surface area is 245 Å². The van der Waals surface area contributed by atoms with E-state index in [4.69, 9.17) is 9.47 Å². The van der Waals surface area contributed by atoms with Crippen LogP contribution < -0.4 is 20.1 Å². The standard InChI is InChI=1S/C31H38N6O5/c1-21-20-42-26-12-5-4-11-25(26)28(38)32-16-7-6-13-31(30(40)33-21)14-17-36(18-15-31)29(39)27-22(2)37(35-34-27)23-9-8-10-24(19-23)41-3/h4-5,8-12,19,21H,6-7,13-18,20H2,1-3H3,(H,32,38)(H,33,40)/t21-/m1/s1. The van der Waals surface area contributed by atoms with Gasteiger partial charge in [0.1, 0.15) is 18.1 Å². The first kappa shape index (κ1) is 29.1. The van der Waals surface area contributed by atoms with Crippen LogP contribution in [0.5, 0.6) is 11.5 Å². The molecule has 1 saturated heterocycles. The topological polar surface area (TPSA) is 128 Å². The highest BCUT2D eigenvalue weighted by atomic mass is 16.5. The number of nitrogens with one attached hydrogen (secondary N) is 2. The summed E-state index contributed by atoms with van der Waals surface area (Å²) in [6.45, 7) is 5.34. The first-order valence-electron chi connectivity index (χ1n) is 14.5. The first-order valence-corrected chi connectivity index (χ1v) is 14.5. The lowest BCUT2D eigenvalue weighted by Crippen LogP contribution is -2.52. The van der Waals surface area contributed by atoms with Gasteiger partial charge in [-0.1, -0.05) is 29.8 Å². The Bertz CT molecular complexity index is 1450.